The molecule has 2 rings (SSSR count). The summed E-state index contributed by atoms with van der Waals surface area (Å²) in [6, 6.07) is 8.06. The largest absolute Gasteiger partial charge is 0.392 e. The van der Waals surface area contributed by atoms with E-state index >= 15 is 0 Å². The minimum absolute atomic E-state index is 0.144. The van der Waals surface area contributed by atoms with Crippen molar-refractivity contribution in [3.05, 3.63) is 59.4 Å². The Morgan fingerprint density at radius 2 is 2.10 bits per heavy atom. The molecule has 0 saturated carbocycles. The number of aliphatic hydroxyl groups excluding tert-OH is 1. The van der Waals surface area contributed by atoms with Gasteiger partial charge in [0, 0.05) is 18.9 Å². The summed E-state index contributed by atoms with van der Waals surface area (Å²) in [5.41, 5.74) is 2.37. The molecule has 0 fully saturated rings. The average molecular weight is 292 g/mol. The van der Waals surface area contributed by atoms with Crippen molar-refractivity contribution in [2.24, 2.45) is 0 Å². The van der Waals surface area contributed by atoms with E-state index in [0.717, 1.165) is 11.1 Å². The number of aryl methyl sites for hydroxylation is 1. The highest BCUT2D eigenvalue weighted by atomic mass is 32.2. The van der Waals surface area contributed by atoms with Gasteiger partial charge in [-0.1, -0.05) is 12.1 Å². The van der Waals surface area contributed by atoms with Crippen molar-refractivity contribution in [1.82, 2.24) is 9.71 Å². The van der Waals surface area contributed by atoms with Gasteiger partial charge >= 0.3 is 0 Å². The van der Waals surface area contributed by atoms with Crippen LogP contribution in [0.2, 0.25) is 0 Å². The zero-order valence-electron chi connectivity index (χ0n) is 11.1. The molecule has 5 nitrogen and oxygen atoms in total. The molecule has 106 valence electrons. The number of benzene rings is 1. The van der Waals surface area contributed by atoms with Crippen molar-refractivity contribution < 1.29 is 13.5 Å². The molecule has 0 radical (unpaired) electrons. The fraction of sp³-hybridized carbons (Fsp3) is 0.214. The summed E-state index contributed by atoms with van der Waals surface area (Å²) < 4.78 is 26.9. The first-order valence-electron chi connectivity index (χ1n) is 6.12. The van der Waals surface area contributed by atoms with Gasteiger partial charge in [-0.15, -0.1) is 0 Å². The summed E-state index contributed by atoms with van der Waals surface area (Å²) in [6.07, 6.45) is 3.31. The summed E-state index contributed by atoms with van der Waals surface area (Å²) in [6.45, 7) is 1.90. The molecule has 1 heterocycles. The van der Waals surface area contributed by atoms with Gasteiger partial charge in [0.05, 0.1) is 11.5 Å². The van der Waals surface area contributed by atoms with E-state index in [1.165, 1.54) is 12.1 Å². The van der Waals surface area contributed by atoms with E-state index in [2.05, 4.69) is 9.71 Å². The highest BCUT2D eigenvalue weighted by Crippen LogP contribution is 2.13. The van der Waals surface area contributed by atoms with Gasteiger partial charge in [-0.05, 0) is 41.8 Å². The number of aromatic nitrogens is 1. The highest BCUT2D eigenvalue weighted by molar-refractivity contribution is 7.89. The lowest BCUT2D eigenvalue weighted by atomic mass is 10.2. The third-order valence-corrected chi connectivity index (χ3v) is 4.39. The van der Waals surface area contributed by atoms with Gasteiger partial charge in [0.15, 0.2) is 0 Å². The van der Waals surface area contributed by atoms with Gasteiger partial charge in [-0.25, -0.2) is 13.1 Å². The second kappa shape index (κ2) is 6.13. The van der Waals surface area contributed by atoms with Crippen LogP contribution in [0.4, 0.5) is 0 Å². The maximum Gasteiger partial charge on any atom is 0.240 e. The molecule has 20 heavy (non-hydrogen) atoms. The van der Waals surface area contributed by atoms with Crippen LogP contribution in [0, 0.1) is 6.92 Å². The van der Waals surface area contributed by atoms with Crippen LogP contribution in [0.15, 0.2) is 47.6 Å². The van der Waals surface area contributed by atoms with E-state index in [-0.39, 0.29) is 18.0 Å². The van der Waals surface area contributed by atoms with Crippen LogP contribution in [-0.2, 0) is 23.2 Å². The Hall–Kier alpha value is -1.76. The molecule has 6 heteroatoms. The number of hydrogen-bond donors (Lipinski definition) is 2. The van der Waals surface area contributed by atoms with Gasteiger partial charge in [-0.3, -0.25) is 4.98 Å². The maximum atomic E-state index is 12.2. The molecule has 0 unspecified atom stereocenters. The lowest BCUT2D eigenvalue weighted by molar-refractivity contribution is 0.281. The first-order chi connectivity index (χ1) is 9.53. The summed E-state index contributed by atoms with van der Waals surface area (Å²) in [7, 11) is -3.60. The fourth-order valence-corrected chi connectivity index (χ4v) is 2.83. The van der Waals surface area contributed by atoms with Crippen molar-refractivity contribution in [2.75, 3.05) is 0 Å². The SMILES string of the molecule is Cc1ccncc1CNS(=O)(=O)c1cccc(CO)c1. The Kier molecular flexibility index (Phi) is 4.49. The fourth-order valence-electron chi connectivity index (χ4n) is 1.75. The van der Waals surface area contributed by atoms with E-state index in [0.29, 0.717) is 5.56 Å². The van der Waals surface area contributed by atoms with Crippen LogP contribution in [-0.4, -0.2) is 18.5 Å². The number of rotatable bonds is 5. The van der Waals surface area contributed by atoms with Crippen LogP contribution < -0.4 is 4.72 Å². The predicted octanol–water partition coefficient (Wildman–Crippen LogP) is 1.36. The standard InChI is InChI=1S/C14H16N2O3S/c1-11-5-6-15-8-13(11)9-16-20(18,19)14-4-2-3-12(7-14)10-17/h2-8,16-17H,9-10H2,1H3. The molecule has 0 bridgehead atoms. The molecule has 0 spiro atoms. The molecule has 0 saturated heterocycles. The van der Waals surface area contributed by atoms with Crippen molar-refractivity contribution in [3.63, 3.8) is 0 Å². The number of nitrogens with zero attached hydrogens (tertiary/aromatic N) is 1. The van der Waals surface area contributed by atoms with Crippen LogP contribution >= 0.6 is 0 Å². The molecule has 0 amide bonds. The molecule has 2 N–H and O–H groups in total. The summed E-state index contributed by atoms with van der Waals surface area (Å²) in [5.74, 6) is 0. The van der Waals surface area contributed by atoms with Gasteiger partial charge in [0.25, 0.3) is 0 Å². The van der Waals surface area contributed by atoms with Gasteiger partial charge in [-0.2, -0.15) is 0 Å². The van der Waals surface area contributed by atoms with Gasteiger partial charge in [0.2, 0.25) is 10.0 Å². The quantitative estimate of drug-likeness (QED) is 0.872. The third-order valence-electron chi connectivity index (χ3n) is 2.99. The second-order valence-corrected chi connectivity index (χ2v) is 6.20. The molecule has 1 aromatic heterocycles. The molecular weight excluding hydrogens is 276 g/mol. The third kappa shape index (κ3) is 3.41. The minimum atomic E-state index is -3.60. The Labute approximate surface area is 118 Å². The van der Waals surface area contributed by atoms with E-state index < -0.39 is 10.0 Å². The van der Waals surface area contributed by atoms with Crippen LogP contribution in [0.5, 0.6) is 0 Å². The van der Waals surface area contributed by atoms with Crippen molar-refractivity contribution >= 4 is 10.0 Å². The zero-order chi connectivity index (χ0) is 14.6. The molecule has 2 aromatic rings. The van der Waals surface area contributed by atoms with E-state index in [1.807, 2.05) is 13.0 Å². The molecule has 0 aliphatic rings. The van der Waals surface area contributed by atoms with E-state index in [4.69, 9.17) is 5.11 Å². The van der Waals surface area contributed by atoms with Crippen LogP contribution in [0.1, 0.15) is 16.7 Å². The monoisotopic (exact) mass is 292 g/mol. The smallest absolute Gasteiger partial charge is 0.240 e. The Balaban J connectivity index is 2.17. The van der Waals surface area contributed by atoms with Gasteiger partial charge in [0.1, 0.15) is 0 Å². The number of nitrogens with one attached hydrogen (secondary N) is 1. The summed E-state index contributed by atoms with van der Waals surface area (Å²) in [4.78, 5) is 4.12. The number of pyridine rings is 1. The topological polar surface area (TPSA) is 79.3 Å². The van der Waals surface area contributed by atoms with Crippen LogP contribution in [0.3, 0.4) is 0 Å². The lowest BCUT2D eigenvalue weighted by Crippen LogP contribution is -2.23. The first-order valence-corrected chi connectivity index (χ1v) is 7.60. The van der Waals surface area contributed by atoms with Crippen LogP contribution in [0.25, 0.3) is 0 Å². The number of aliphatic hydroxyl groups is 1. The number of hydrogen-bond acceptors (Lipinski definition) is 4. The van der Waals surface area contributed by atoms with Crippen molar-refractivity contribution in [1.29, 1.82) is 0 Å². The first kappa shape index (κ1) is 14.6. The second-order valence-electron chi connectivity index (χ2n) is 4.43. The van der Waals surface area contributed by atoms with Crippen molar-refractivity contribution in [2.45, 2.75) is 25.0 Å². The van der Waals surface area contributed by atoms with E-state index in [1.54, 1.807) is 24.5 Å². The number of sulfonamides is 1. The Morgan fingerprint density at radius 1 is 1.30 bits per heavy atom. The molecule has 0 aliphatic carbocycles. The minimum Gasteiger partial charge on any atom is -0.392 e. The van der Waals surface area contributed by atoms with Gasteiger partial charge < -0.3 is 5.11 Å². The average Bonchev–Trinajstić information content (AvgIpc) is 2.46. The molecule has 0 atom stereocenters. The summed E-state index contributed by atoms with van der Waals surface area (Å²) in [5, 5.41) is 9.05. The maximum absolute atomic E-state index is 12.2. The van der Waals surface area contributed by atoms with Crippen molar-refractivity contribution in [3.8, 4) is 0 Å². The highest BCUT2D eigenvalue weighted by Gasteiger charge is 2.14. The Bertz CT molecular complexity index is 699. The summed E-state index contributed by atoms with van der Waals surface area (Å²) >= 11 is 0. The lowest BCUT2D eigenvalue weighted by Gasteiger charge is -2.09. The zero-order valence-corrected chi connectivity index (χ0v) is 11.9. The molecular formula is C14H16N2O3S. The predicted molar refractivity (Wildman–Crippen MR) is 75.4 cm³/mol. The normalized spacial score (nSPS) is 11.5. The van der Waals surface area contributed by atoms with E-state index in [9.17, 15) is 8.42 Å². The Morgan fingerprint density at radius 3 is 2.80 bits per heavy atom. The molecule has 0 aliphatic heterocycles. The molecule has 1 aromatic carbocycles.